The van der Waals surface area contributed by atoms with Gasteiger partial charge in [-0.1, -0.05) is 25.3 Å². The highest BCUT2D eigenvalue weighted by Gasteiger charge is 2.16. The lowest BCUT2D eigenvalue weighted by atomic mass is 9.95. The second-order valence-corrected chi connectivity index (χ2v) is 6.12. The molecule has 1 aliphatic rings. The van der Waals surface area contributed by atoms with Crippen molar-refractivity contribution < 1.29 is 18.4 Å². The van der Waals surface area contributed by atoms with E-state index in [0.29, 0.717) is 5.56 Å². The molecular formula is C17H23F2N3O2. The van der Waals surface area contributed by atoms with Crippen molar-refractivity contribution >= 4 is 11.9 Å². The Hall–Kier alpha value is -2.18. The van der Waals surface area contributed by atoms with Gasteiger partial charge in [-0.15, -0.1) is 0 Å². The maximum atomic E-state index is 13.2. The van der Waals surface area contributed by atoms with E-state index >= 15 is 0 Å². The Morgan fingerprint density at radius 2 is 1.88 bits per heavy atom. The molecule has 7 heteroatoms. The van der Waals surface area contributed by atoms with E-state index in [2.05, 4.69) is 16.0 Å². The average Bonchev–Trinajstić information content (AvgIpc) is 2.56. The molecule has 1 aromatic rings. The first-order chi connectivity index (χ1) is 11.5. The largest absolute Gasteiger partial charge is 0.352 e. The van der Waals surface area contributed by atoms with Crippen molar-refractivity contribution in [3.8, 4) is 0 Å². The summed E-state index contributed by atoms with van der Waals surface area (Å²) in [6, 6.07) is 2.60. The van der Waals surface area contributed by atoms with Gasteiger partial charge in [-0.2, -0.15) is 0 Å². The number of urea groups is 1. The van der Waals surface area contributed by atoms with Crippen LogP contribution in [0.1, 0.15) is 50.6 Å². The zero-order valence-electron chi connectivity index (χ0n) is 13.7. The summed E-state index contributed by atoms with van der Waals surface area (Å²) in [7, 11) is 0. The summed E-state index contributed by atoms with van der Waals surface area (Å²) in [4.78, 5) is 23.6. The molecular weight excluding hydrogens is 316 g/mol. The van der Waals surface area contributed by atoms with E-state index in [1.54, 1.807) is 6.92 Å². The summed E-state index contributed by atoms with van der Waals surface area (Å²) in [5, 5.41) is 7.95. The number of carbonyl (C=O) groups excluding carboxylic acids is 2. The number of nitrogens with one attached hydrogen (secondary N) is 3. The molecule has 0 radical (unpaired) electrons. The molecule has 1 saturated carbocycles. The molecule has 0 aliphatic heterocycles. The first kappa shape index (κ1) is 18.2. The van der Waals surface area contributed by atoms with E-state index in [0.717, 1.165) is 37.8 Å². The van der Waals surface area contributed by atoms with Crippen LogP contribution in [-0.4, -0.2) is 24.5 Å². The SMILES string of the molecule is CC(NC(=O)NCC(=O)NC1CCCCC1)c1ccc(F)c(F)c1. The predicted molar refractivity (Wildman–Crippen MR) is 86.3 cm³/mol. The van der Waals surface area contributed by atoms with Gasteiger partial charge in [0.1, 0.15) is 0 Å². The Kier molecular flexibility index (Phi) is 6.52. The molecule has 0 bridgehead atoms. The topological polar surface area (TPSA) is 70.2 Å². The number of benzene rings is 1. The fourth-order valence-corrected chi connectivity index (χ4v) is 2.80. The van der Waals surface area contributed by atoms with Gasteiger partial charge in [0, 0.05) is 6.04 Å². The van der Waals surface area contributed by atoms with E-state index in [1.807, 2.05) is 0 Å². The molecule has 132 valence electrons. The smallest absolute Gasteiger partial charge is 0.315 e. The first-order valence-electron chi connectivity index (χ1n) is 8.24. The highest BCUT2D eigenvalue weighted by Crippen LogP contribution is 2.17. The summed E-state index contributed by atoms with van der Waals surface area (Å²) < 4.78 is 26.1. The number of carbonyl (C=O) groups is 2. The van der Waals surface area contributed by atoms with Gasteiger partial charge in [0.15, 0.2) is 11.6 Å². The molecule has 1 unspecified atom stereocenters. The Bertz CT molecular complexity index is 589. The summed E-state index contributed by atoms with van der Waals surface area (Å²) >= 11 is 0. The second kappa shape index (κ2) is 8.61. The highest BCUT2D eigenvalue weighted by atomic mass is 19.2. The molecule has 2 rings (SSSR count). The van der Waals surface area contributed by atoms with Gasteiger partial charge in [0.05, 0.1) is 12.6 Å². The van der Waals surface area contributed by atoms with Crippen molar-refractivity contribution in [2.24, 2.45) is 0 Å². The summed E-state index contributed by atoms with van der Waals surface area (Å²) in [5.74, 6) is -2.12. The van der Waals surface area contributed by atoms with Crippen LogP contribution in [0.2, 0.25) is 0 Å². The van der Waals surface area contributed by atoms with E-state index < -0.39 is 23.7 Å². The van der Waals surface area contributed by atoms with Gasteiger partial charge < -0.3 is 16.0 Å². The lowest BCUT2D eigenvalue weighted by molar-refractivity contribution is -0.121. The molecule has 0 spiro atoms. The number of hydrogen-bond donors (Lipinski definition) is 3. The Morgan fingerprint density at radius 1 is 1.17 bits per heavy atom. The van der Waals surface area contributed by atoms with Crippen molar-refractivity contribution in [3.63, 3.8) is 0 Å². The monoisotopic (exact) mass is 339 g/mol. The molecule has 0 heterocycles. The minimum absolute atomic E-state index is 0.118. The van der Waals surface area contributed by atoms with Crippen LogP contribution in [0.4, 0.5) is 13.6 Å². The highest BCUT2D eigenvalue weighted by molar-refractivity contribution is 5.84. The standard InChI is InChI=1S/C17H23F2N3O2/c1-11(12-7-8-14(18)15(19)9-12)21-17(24)20-10-16(23)22-13-5-3-2-4-6-13/h7-9,11,13H,2-6,10H2,1H3,(H,22,23)(H2,20,21,24). The van der Waals surface area contributed by atoms with Gasteiger partial charge >= 0.3 is 6.03 Å². The molecule has 24 heavy (non-hydrogen) atoms. The van der Waals surface area contributed by atoms with E-state index in [9.17, 15) is 18.4 Å². The zero-order valence-corrected chi connectivity index (χ0v) is 13.7. The van der Waals surface area contributed by atoms with Crippen LogP contribution in [0, 0.1) is 11.6 Å². The van der Waals surface area contributed by atoms with Gasteiger partial charge in [-0.05, 0) is 37.5 Å². The molecule has 1 fully saturated rings. The maximum Gasteiger partial charge on any atom is 0.315 e. The normalized spacial score (nSPS) is 16.3. The van der Waals surface area contributed by atoms with Gasteiger partial charge in [0.25, 0.3) is 0 Å². The minimum Gasteiger partial charge on any atom is -0.352 e. The molecule has 3 amide bonds. The van der Waals surface area contributed by atoms with E-state index in [-0.39, 0.29) is 18.5 Å². The molecule has 3 N–H and O–H groups in total. The number of hydrogen-bond acceptors (Lipinski definition) is 2. The Labute approximate surface area is 140 Å². The predicted octanol–water partition coefficient (Wildman–Crippen LogP) is 2.77. The van der Waals surface area contributed by atoms with E-state index in [4.69, 9.17) is 0 Å². The maximum absolute atomic E-state index is 13.2. The lowest BCUT2D eigenvalue weighted by Crippen LogP contribution is -2.45. The van der Waals surface area contributed by atoms with E-state index in [1.165, 1.54) is 12.5 Å². The first-order valence-corrected chi connectivity index (χ1v) is 8.24. The van der Waals surface area contributed by atoms with Crippen LogP contribution in [0.5, 0.6) is 0 Å². The molecule has 5 nitrogen and oxygen atoms in total. The Morgan fingerprint density at radius 3 is 2.54 bits per heavy atom. The minimum atomic E-state index is -0.964. The summed E-state index contributed by atoms with van der Waals surface area (Å²) in [6.07, 6.45) is 5.39. The van der Waals surface area contributed by atoms with Gasteiger partial charge in [-0.25, -0.2) is 13.6 Å². The Balaban J connectivity index is 1.73. The summed E-state index contributed by atoms with van der Waals surface area (Å²) in [5.41, 5.74) is 0.440. The molecule has 0 saturated heterocycles. The van der Waals surface area contributed by atoms with Crippen molar-refractivity contribution in [2.75, 3.05) is 6.54 Å². The number of amides is 3. The third kappa shape index (κ3) is 5.47. The fourth-order valence-electron chi connectivity index (χ4n) is 2.80. The van der Waals surface area contributed by atoms with Crippen molar-refractivity contribution in [1.29, 1.82) is 0 Å². The van der Waals surface area contributed by atoms with Crippen LogP contribution >= 0.6 is 0 Å². The quantitative estimate of drug-likeness (QED) is 0.772. The lowest BCUT2D eigenvalue weighted by Gasteiger charge is -2.23. The summed E-state index contributed by atoms with van der Waals surface area (Å²) in [6.45, 7) is 1.53. The van der Waals surface area contributed by atoms with Crippen LogP contribution in [0.3, 0.4) is 0 Å². The van der Waals surface area contributed by atoms with Crippen molar-refractivity contribution in [3.05, 3.63) is 35.4 Å². The molecule has 1 aliphatic carbocycles. The van der Waals surface area contributed by atoms with Crippen molar-refractivity contribution in [1.82, 2.24) is 16.0 Å². The number of rotatable bonds is 5. The molecule has 1 aromatic carbocycles. The molecule has 0 aromatic heterocycles. The third-order valence-electron chi connectivity index (χ3n) is 4.17. The number of halogens is 2. The van der Waals surface area contributed by atoms with Crippen LogP contribution in [0.15, 0.2) is 18.2 Å². The second-order valence-electron chi connectivity index (χ2n) is 6.12. The zero-order chi connectivity index (χ0) is 17.5. The van der Waals surface area contributed by atoms with Gasteiger partial charge in [0.2, 0.25) is 5.91 Å². The average molecular weight is 339 g/mol. The van der Waals surface area contributed by atoms with Crippen LogP contribution in [0.25, 0.3) is 0 Å². The molecule has 1 atom stereocenters. The van der Waals surface area contributed by atoms with Crippen LogP contribution < -0.4 is 16.0 Å². The fraction of sp³-hybridized carbons (Fsp3) is 0.529. The van der Waals surface area contributed by atoms with Crippen LogP contribution in [-0.2, 0) is 4.79 Å². The van der Waals surface area contributed by atoms with Gasteiger partial charge in [-0.3, -0.25) is 4.79 Å². The van der Waals surface area contributed by atoms with Crippen molar-refractivity contribution in [2.45, 2.75) is 51.1 Å². The third-order valence-corrected chi connectivity index (χ3v) is 4.17.